The maximum atomic E-state index is 13.3. The van der Waals surface area contributed by atoms with E-state index in [0.717, 1.165) is 23.0 Å². The van der Waals surface area contributed by atoms with Gasteiger partial charge in [-0.1, -0.05) is 35.9 Å². The average Bonchev–Trinajstić information content (AvgIpc) is 3.41. The highest BCUT2D eigenvalue weighted by molar-refractivity contribution is 7.17. The molecule has 0 spiro atoms. The standard InChI is InChI=1S/C23H18ClN3O3S/c24-15-6-8-16(9-7-15)27-22(29)21-19(11-12-31-21)26(23(27)30)13-20(28)25-18-10-5-14-3-1-2-4-17(14)18/h1-4,6-9,11-12,18H,5,10,13H2,(H,25,28)/t18-/m1/s1. The fraction of sp³-hybridized carbons (Fsp3) is 0.174. The Labute approximate surface area is 186 Å². The van der Waals surface area contributed by atoms with Crippen LogP contribution in [-0.2, 0) is 17.8 Å². The van der Waals surface area contributed by atoms with Crippen LogP contribution in [0.3, 0.4) is 0 Å². The molecule has 0 unspecified atom stereocenters. The molecule has 6 nitrogen and oxygen atoms in total. The van der Waals surface area contributed by atoms with E-state index in [0.29, 0.717) is 20.9 Å². The number of rotatable bonds is 4. The molecule has 0 radical (unpaired) electrons. The number of carbonyl (C=O) groups is 1. The molecule has 1 N–H and O–H groups in total. The molecule has 4 aromatic rings. The molecule has 2 heterocycles. The normalized spacial score (nSPS) is 15.2. The lowest BCUT2D eigenvalue weighted by atomic mass is 10.1. The first-order valence-electron chi connectivity index (χ1n) is 9.89. The van der Waals surface area contributed by atoms with Crippen LogP contribution >= 0.6 is 22.9 Å². The Hall–Kier alpha value is -3.16. The Kier molecular flexibility index (Phi) is 5.00. The van der Waals surface area contributed by atoms with Crippen molar-refractivity contribution in [2.45, 2.75) is 25.4 Å². The molecule has 0 bridgehead atoms. The summed E-state index contributed by atoms with van der Waals surface area (Å²) in [5, 5.41) is 5.30. The first-order chi connectivity index (χ1) is 15.0. The number of thiophene rings is 1. The number of benzene rings is 2. The maximum Gasteiger partial charge on any atom is 0.336 e. The van der Waals surface area contributed by atoms with E-state index >= 15 is 0 Å². The van der Waals surface area contributed by atoms with Gasteiger partial charge in [-0.15, -0.1) is 11.3 Å². The Balaban J connectivity index is 1.52. The number of aryl methyl sites for hydroxylation is 1. The fourth-order valence-electron chi connectivity index (χ4n) is 4.15. The highest BCUT2D eigenvalue weighted by Gasteiger charge is 2.24. The van der Waals surface area contributed by atoms with Crippen molar-refractivity contribution in [2.24, 2.45) is 0 Å². The van der Waals surface area contributed by atoms with Gasteiger partial charge in [0, 0.05) is 5.02 Å². The molecule has 0 saturated heterocycles. The summed E-state index contributed by atoms with van der Waals surface area (Å²) in [7, 11) is 0. The fourth-order valence-corrected chi connectivity index (χ4v) is 5.10. The molecule has 0 saturated carbocycles. The summed E-state index contributed by atoms with van der Waals surface area (Å²) in [6, 6.07) is 16.2. The van der Waals surface area contributed by atoms with Crippen molar-refractivity contribution in [1.29, 1.82) is 0 Å². The SMILES string of the molecule is O=C(Cn1c(=O)n(-c2ccc(Cl)cc2)c(=O)c2sccc21)N[C@@H]1CCc2ccccc21. The molecule has 1 amide bonds. The van der Waals surface area contributed by atoms with Gasteiger partial charge in [0.05, 0.1) is 17.2 Å². The molecule has 1 aliphatic rings. The van der Waals surface area contributed by atoms with Crippen molar-refractivity contribution in [3.63, 3.8) is 0 Å². The monoisotopic (exact) mass is 451 g/mol. The topological polar surface area (TPSA) is 73.1 Å². The number of hydrogen-bond donors (Lipinski definition) is 1. The lowest BCUT2D eigenvalue weighted by Crippen LogP contribution is -2.41. The van der Waals surface area contributed by atoms with Gasteiger partial charge in [0.2, 0.25) is 5.91 Å². The third-order valence-corrected chi connectivity index (χ3v) is 6.75. The smallest absolute Gasteiger partial charge is 0.336 e. The lowest BCUT2D eigenvalue weighted by molar-refractivity contribution is -0.122. The minimum absolute atomic E-state index is 0.0699. The molecule has 0 fully saturated rings. The zero-order chi connectivity index (χ0) is 21.5. The van der Waals surface area contributed by atoms with Gasteiger partial charge in [-0.05, 0) is 59.7 Å². The van der Waals surface area contributed by atoms with E-state index in [-0.39, 0.29) is 18.5 Å². The summed E-state index contributed by atoms with van der Waals surface area (Å²) in [5.41, 5.74) is 2.27. The summed E-state index contributed by atoms with van der Waals surface area (Å²) < 4.78 is 2.87. The number of nitrogens with zero attached hydrogens (tertiary/aromatic N) is 2. The van der Waals surface area contributed by atoms with E-state index in [1.165, 1.54) is 21.5 Å². The third kappa shape index (κ3) is 3.49. The number of nitrogens with one attached hydrogen (secondary N) is 1. The largest absolute Gasteiger partial charge is 0.348 e. The average molecular weight is 452 g/mol. The molecule has 2 aromatic heterocycles. The Bertz CT molecular complexity index is 1420. The van der Waals surface area contributed by atoms with Crippen LogP contribution in [0.15, 0.2) is 69.6 Å². The zero-order valence-electron chi connectivity index (χ0n) is 16.4. The number of aromatic nitrogens is 2. The molecule has 1 atom stereocenters. The molecule has 5 rings (SSSR count). The van der Waals surface area contributed by atoms with E-state index in [2.05, 4.69) is 11.4 Å². The van der Waals surface area contributed by atoms with Crippen molar-refractivity contribution in [2.75, 3.05) is 0 Å². The number of amides is 1. The summed E-state index contributed by atoms with van der Waals surface area (Å²) in [6.45, 7) is -0.168. The second-order valence-corrected chi connectivity index (χ2v) is 8.83. The maximum absolute atomic E-state index is 13.3. The zero-order valence-corrected chi connectivity index (χ0v) is 17.9. The molecule has 0 aliphatic heterocycles. The van der Waals surface area contributed by atoms with E-state index in [4.69, 9.17) is 11.6 Å². The summed E-state index contributed by atoms with van der Waals surface area (Å²) in [4.78, 5) is 39.2. The first-order valence-corrected chi connectivity index (χ1v) is 11.1. The van der Waals surface area contributed by atoms with Gasteiger partial charge in [0.25, 0.3) is 5.56 Å². The van der Waals surface area contributed by atoms with Gasteiger partial charge in [0.1, 0.15) is 11.2 Å². The van der Waals surface area contributed by atoms with Crippen LogP contribution in [0, 0.1) is 0 Å². The number of hydrogen-bond acceptors (Lipinski definition) is 4. The van der Waals surface area contributed by atoms with Gasteiger partial charge in [-0.3, -0.25) is 14.2 Å². The highest BCUT2D eigenvalue weighted by Crippen LogP contribution is 2.30. The Morgan fingerprint density at radius 3 is 2.68 bits per heavy atom. The van der Waals surface area contributed by atoms with E-state index in [9.17, 15) is 14.4 Å². The van der Waals surface area contributed by atoms with E-state index in [1.807, 2.05) is 18.2 Å². The van der Waals surface area contributed by atoms with Crippen LogP contribution in [0.4, 0.5) is 0 Å². The molecular weight excluding hydrogens is 434 g/mol. The van der Waals surface area contributed by atoms with Crippen molar-refractivity contribution >= 4 is 39.1 Å². The molecule has 31 heavy (non-hydrogen) atoms. The third-order valence-electron chi connectivity index (χ3n) is 5.61. The van der Waals surface area contributed by atoms with Crippen LogP contribution in [0.1, 0.15) is 23.6 Å². The number of halogens is 1. The van der Waals surface area contributed by atoms with Crippen LogP contribution in [0.2, 0.25) is 5.02 Å². The second kappa shape index (κ2) is 7.83. The molecule has 8 heteroatoms. The van der Waals surface area contributed by atoms with E-state index in [1.54, 1.807) is 35.7 Å². The minimum Gasteiger partial charge on any atom is -0.348 e. The lowest BCUT2D eigenvalue weighted by Gasteiger charge is -2.16. The summed E-state index contributed by atoms with van der Waals surface area (Å²) >= 11 is 7.20. The number of fused-ring (bicyclic) bond motifs is 2. The summed E-state index contributed by atoms with van der Waals surface area (Å²) in [5.74, 6) is -0.266. The first kappa shape index (κ1) is 19.8. The molecule has 1 aliphatic carbocycles. The van der Waals surface area contributed by atoms with Gasteiger partial charge >= 0.3 is 5.69 Å². The van der Waals surface area contributed by atoms with Crippen LogP contribution < -0.4 is 16.6 Å². The van der Waals surface area contributed by atoms with Gasteiger partial charge < -0.3 is 5.32 Å². The van der Waals surface area contributed by atoms with E-state index < -0.39 is 11.2 Å². The van der Waals surface area contributed by atoms with Crippen molar-refractivity contribution in [1.82, 2.24) is 14.5 Å². The van der Waals surface area contributed by atoms with Crippen molar-refractivity contribution in [3.05, 3.63) is 97.0 Å². The number of carbonyl (C=O) groups excluding carboxylic acids is 1. The molecule has 2 aromatic carbocycles. The van der Waals surface area contributed by atoms with Gasteiger partial charge in [-0.2, -0.15) is 0 Å². The predicted octanol–water partition coefficient (Wildman–Crippen LogP) is 3.67. The Morgan fingerprint density at radius 1 is 1.10 bits per heavy atom. The predicted molar refractivity (Wildman–Crippen MR) is 122 cm³/mol. The minimum atomic E-state index is -0.555. The second-order valence-electron chi connectivity index (χ2n) is 7.48. The van der Waals surface area contributed by atoms with Crippen molar-refractivity contribution < 1.29 is 4.79 Å². The Morgan fingerprint density at radius 2 is 1.87 bits per heavy atom. The molecular formula is C23H18ClN3O3S. The van der Waals surface area contributed by atoms with Crippen LogP contribution in [-0.4, -0.2) is 15.0 Å². The molecule has 156 valence electrons. The van der Waals surface area contributed by atoms with Gasteiger partial charge in [0.15, 0.2) is 0 Å². The van der Waals surface area contributed by atoms with Gasteiger partial charge in [-0.25, -0.2) is 9.36 Å². The highest BCUT2D eigenvalue weighted by atomic mass is 35.5. The van der Waals surface area contributed by atoms with Crippen LogP contribution in [0.25, 0.3) is 15.9 Å². The summed E-state index contributed by atoms with van der Waals surface area (Å²) in [6.07, 6.45) is 1.75. The van der Waals surface area contributed by atoms with Crippen LogP contribution in [0.5, 0.6) is 0 Å². The van der Waals surface area contributed by atoms with Crippen molar-refractivity contribution in [3.8, 4) is 5.69 Å². The quantitative estimate of drug-likeness (QED) is 0.514.